The molecule has 1 N–H and O–H groups in total. The van der Waals surface area contributed by atoms with Gasteiger partial charge in [-0.25, -0.2) is 9.36 Å². The number of nitrogens with zero attached hydrogens (tertiary/aromatic N) is 4. The van der Waals surface area contributed by atoms with Gasteiger partial charge in [-0.15, -0.1) is 0 Å². The maximum absolute atomic E-state index is 13.7. The molecule has 5 aromatic rings. The Morgan fingerprint density at radius 2 is 1.84 bits per heavy atom. The monoisotopic (exact) mass is 505 g/mol. The van der Waals surface area contributed by atoms with E-state index < -0.39 is 11.2 Å². The van der Waals surface area contributed by atoms with Crippen LogP contribution in [-0.2, 0) is 4.74 Å². The van der Waals surface area contributed by atoms with E-state index in [-0.39, 0.29) is 0 Å². The molecule has 0 unspecified atom stereocenters. The van der Waals surface area contributed by atoms with Crippen molar-refractivity contribution in [3.05, 3.63) is 93.4 Å². The van der Waals surface area contributed by atoms with Gasteiger partial charge in [0.05, 0.1) is 54.7 Å². The predicted octanol–water partition coefficient (Wildman–Crippen LogP) is 3.61. The van der Waals surface area contributed by atoms with Crippen molar-refractivity contribution in [1.29, 1.82) is 5.26 Å². The number of hydrogen-bond donors (Lipinski definition) is 1. The SMILES string of the molecule is COc1ccc(C#N)c(-c2ccc3c(=O)n(-c4cncc5ccc(N6CCOCC6)cc45)c(=O)[nH]c3c2)c1. The third-order valence-corrected chi connectivity index (χ3v) is 6.90. The molecule has 3 aromatic carbocycles. The molecular formula is C29H23N5O4. The summed E-state index contributed by atoms with van der Waals surface area (Å²) in [4.78, 5) is 36.4. The normalized spacial score (nSPS) is 13.5. The summed E-state index contributed by atoms with van der Waals surface area (Å²) in [5, 5.41) is 11.5. The van der Waals surface area contributed by atoms with Gasteiger partial charge in [0.1, 0.15) is 5.75 Å². The Balaban J connectivity index is 1.51. The summed E-state index contributed by atoms with van der Waals surface area (Å²) in [6, 6.07) is 18.4. The van der Waals surface area contributed by atoms with Crippen LogP contribution in [0.15, 0.2) is 76.6 Å². The molecule has 0 bridgehead atoms. The summed E-state index contributed by atoms with van der Waals surface area (Å²) in [7, 11) is 1.55. The highest BCUT2D eigenvalue weighted by atomic mass is 16.5. The third-order valence-electron chi connectivity index (χ3n) is 6.90. The zero-order valence-corrected chi connectivity index (χ0v) is 20.6. The molecule has 0 radical (unpaired) electrons. The lowest BCUT2D eigenvalue weighted by Gasteiger charge is -2.29. The summed E-state index contributed by atoms with van der Waals surface area (Å²) in [6.45, 7) is 2.84. The summed E-state index contributed by atoms with van der Waals surface area (Å²) in [6.07, 6.45) is 3.26. The van der Waals surface area contributed by atoms with Gasteiger partial charge in [0.2, 0.25) is 0 Å². The molecule has 2 aromatic heterocycles. The highest BCUT2D eigenvalue weighted by Gasteiger charge is 2.17. The topological polar surface area (TPSA) is 113 Å². The second kappa shape index (κ2) is 9.50. The molecule has 188 valence electrons. The van der Waals surface area contributed by atoms with Crippen LogP contribution in [0.2, 0.25) is 0 Å². The van der Waals surface area contributed by atoms with Crippen molar-refractivity contribution >= 4 is 27.4 Å². The van der Waals surface area contributed by atoms with E-state index in [0.717, 1.165) is 34.1 Å². The molecule has 1 fully saturated rings. The van der Waals surface area contributed by atoms with Gasteiger partial charge in [-0.1, -0.05) is 12.1 Å². The van der Waals surface area contributed by atoms with Crippen molar-refractivity contribution in [2.45, 2.75) is 0 Å². The number of pyridine rings is 1. The zero-order valence-electron chi connectivity index (χ0n) is 20.6. The lowest BCUT2D eigenvalue weighted by Crippen LogP contribution is -2.36. The number of nitriles is 1. The van der Waals surface area contributed by atoms with E-state index in [9.17, 15) is 14.9 Å². The number of aromatic amines is 1. The van der Waals surface area contributed by atoms with Gasteiger partial charge in [0.25, 0.3) is 5.56 Å². The number of aromatic nitrogens is 3. The fourth-order valence-corrected chi connectivity index (χ4v) is 4.92. The van der Waals surface area contributed by atoms with Gasteiger partial charge in [-0.2, -0.15) is 5.26 Å². The van der Waals surface area contributed by atoms with Gasteiger partial charge in [-0.3, -0.25) is 9.78 Å². The summed E-state index contributed by atoms with van der Waals surface area (Å²) in [5.74, 6) is 0.600. The van der Waals surface area contributed by atoms with Crippen LogP contribution in [0.4, 0.5) is 5.69 Å². The molecule has 3 heterocycles. The van der Waals surface area contributed by atoms with Crippen LogP contribution in [0.5, 0.6) is 5.75 Å². The molecule has 1 saturated heterocycles. The molecular weight excluding hydrogens is 482 g/mol. The summed E-state index contributed by atoms with van der Waals surface area (Å²) in [5.41, 5.74) is 2.55. The quantitative estimate of drug-likeness (QED) is 0.397. The van der Waals surface area contributed by atoms with E-state index in [1.54, 1.807) is 49.7 Å². The van der Waals surface area contributed by atoms with Crippen molar-refractivity contribution in [3.8, 4) is 28.6 Å². The molecule has 0 amide bonds. The third kappa shape index (κ3) is 3.97. The highest BCUT2D eigenvalue weighted by molar-refractivity contribution is 5.92. The number of fused-ring (bicyclic) bond motifs is 2. The average molecular weight is 506 g/mol. The van der Waals surface area contributed by atoms with E-state index in [1.165, 1.54) is 6.20 Å². The van der Waals surface area contributed by atoms with Gasteiger partial charge < -0.3 is 19.4 Å². The first-order valence-electron chi connectivity index (χ1n) is 12.2. The number of benzene rings is 3. The van der Waals surface area contributed by atoms with Crippen LogP contribution in [0.1, 0.15) is 5.56 Å². The van der Waals surface area contributed by atoms with E-state index in [2.05, 4.69) is 20.9 Å². The minimum absolute atomic E-state index is 0.344. The first-order chi connectivity index (χ1) is 18.6. The van der Waals surface area contributed by atoms with Crippen molar-refractivity contribution in [1.82, 2.24) is 14.5 Å². The van der Waals surface area contributed by atoms with Gasteiger partial charge >= 0.3 is 5.69 Å². The number of morpholine rings is 1. The van der Waals surface area contributed by atoms with Crippen LogP contribution in [0.3, 0.4) is 0 Å². The van der Waals surface area contributed by atoms with E-state index in [0.29, 0.717) is 52.2 Å². The van der Waals surface area contributed by atoms with Gasteiger partial charge in [-0.05, 0) is 48.0 Å². The van der Waals surface area contributed by atoms with Gasteiger partial charge in [0.15, 0.2) is 0 Å². The van der Waals surface area contributed by atoms with Gasteiger partial charge in [0, 0.05) is 41.3 Å². The maximum Gasteiger partial charge on any atom is 0.333 e. The number of methoxy groups -OCH3 is 1. The van der Waals surface area contributed by atoms with Crippen molar-refractivity contribution in [2.75, 3.05) is 38.3 Å². The minimum atomic E-state index is -0.572. The number of nitrogens with one attached hydrogen (secondary N) is 1. The van der Waals surface area contributed by atoms with Crippen LogP contribution in [-0.4, -0.2) is 47.9 Å². The van der Waals surface area contributed by atoms with Crippen LogP contribution >= 0.6 is 0 Å². The predicted molar refractivity (Wildman–Crippen MR) is 145 cm³/mol. The molecule has 0 aliphatic carbocycles. The number of H-pyrrole nitrogens is 1. The molecule has 6 rings (SSSR count). The first kappa shape index (κ1) is 23.5. The Morgan fingerprint density at radius 1 is 1.00 bits per heavy atom. The molecule has 1 aliphatic rings. The van der Waals surface area contributed by atoms with E-state index in [4.69, 9.17) is 9.47 Å². The van der Waals surface area contributed by atoms with Crippen LogP contribution < -0.4 is 20.9 Å². The number of rotatable bonds is 4. The fourth-order valence-electron chi connectivity index (χ4n) is 4.92. The van der Waals surface area contributed by atoms with Crippen LogP contribution in [0, 0.1) is 11.3 Å². The van der Waals surface area contributed by atoms with Crippen LogP contribution in [0.25, 0.3) is 38.5 Å². The van der Waals surface area contributed by atoms with Crippen molar-refractivity contribution in [2.24, 2.45) is 0 Å². The second-order valence-corrected chi connectivity index (χ2v) is 9.02. The molecule has 1 aliphatic heterocycles. The largest absolute Gasteiger partial charge is 0.497 e. The minimum Gasteiger partial charge on any atom is -0.497 e. The Kier molecular flexibility index (Phi) is 5.86. The van der Waals surface area contributed by atoms with Crippen molar-refractivity contribution in [3.63, 3.8) is 0 Å². The molecule has 38 heavy (non-hydrogen) atoms. The Morgan fingerprint density at radius 3 is 2.63 bits per heavy atom. The zero-order chi connectivity index (χ0) is 26.2. The number of anilines is 1. The van der Waals surface area contributed by atoms with E-state index in [1.807, 2.05) is 18.2 Å². The Bertz CT molecular complexity index is 1860. The van der Waals surface area contributed by atoms with E-state index >= 15 is 0 Å². The van der Waals surface area contributed by atoms with Crippen molar-refractivity contribution < 1.29 is 9.47 Å². The Hall–Kier alpha value is -4.94. The first-order valence-corrected chi connectivity index (χ1v) is 12.2. The molecule has 9 nitrogen and oxygen atoms in total. The highest BCUT2D eigenvalue weighted by Crippen LogP contribution is 2.30. The lowest BCUT2D eigenvalue weighted by molar-refractivity contribution is 0.122. The summed E-state index contributed by atoms with van der Waals surface area (Å²) < 4.78 is 11.9. The Labute approximate surface area is 217 Å². The maximum atomic E-state index is 13.7. The molecule has 0 atom stereocenters. The lowest BCUT2D eigenvalue weighted by atomic mass is 9.99. The average Bonchev–Trinajstić information content (AvgIpc) is 2.96. The standard InChI is InChI=1S/C29H23N5O4/c1-37-22-6-3-19(15-30)24(14-22)18-4-7-23-26(12-18)32-29(36)34(28(23)35)27-17-31-16-20-2-5-21(13-25(20)27)33-8-10-38-11-9-33/h2-7,12-14,16-17H,8-11H2,1H3,(H,32,36). The summed E-state index contributed by atoms with van der Waals surface area (Å²) >= 11 is 0. The smallest absolute Gasteiger partial charge is 0.333 e. The number of hydrogen-bond acceptors (Lipinski definition) is 7. The second-order valence-electron chi connectivity index (χ2n) is 9.02. The molecule has 9 heteroatoms. The fraction of sp³-hybridized carbons (Fsp3) is 0.172. The molecule has 0 spiro atoms. The molecule has 0 saturated carbocycles. The number of ether oxygens (including phenoxy) is 2.